The van der Waals surface area contributed by atoms with Crippen molar-refractivity contribution in [3.63, 3.8) is 0 Å². The smallest absolute Gasteiger partial charge is 0.264 e. The highest BCUT2D eigenvalue weighted by Gasteiger charge is 2.06. The second-order valence-electron chi connectivity index (χ2n) is 3.26. The fourth-order valence-electron chi connectivity index (χ4n) is 1.11. The molecule has 4 nitrogen and oxygen atoms in total. The molecule has 0 radical (unpaired) electrons. The first-order valence-corrected chi connectivity index (χ1v) is 4.59. The van der Waals surface area contributed by atoms with E-state index in [-0.39, 0.29) is 6.10 Å². The second kappa shape index (κ2) is 5.01. The fraction of sp³-hybridized carbons (Fsp3) is 0.273. The first kappa shape index (κ1) is 11.1. The quantitative estimate of drug-likeness (QED) is 0.602. The molecular weight excluding hydrogens is 192 g/mol. The van der Waals surface area contributed by atoms with E-state index in [4.69, 9.17) is 10.00 Å². The van der Waals surface area contributed by atoms with Crippen molar-refractivity contribution in [1.82, 2.24) is 5.32 Å². The van der Waals surface area contributed by atoms with Crippen LogP contribution < -0.4 is 10.1 Å². The third-order valence-electron chi connectivity index (χ3n) is 1.64. The van der Waals surface area contributed by atoms with E-state index < -0.39 is 5.91 Å². The van der Waals surface area contributed by atoms with Crippen LogP contribution in [0.25, 0.3) is 0 Å². The maximum atomic E-state index is 11.3. The maximum absolute atomic E-state index is 11.3. The monoisotopic (exact) mass is 204 g/mol. The highest BCUT2D eigenvalue weighted by Crippen LogP contribution is 2.14. The van der Waals surface area contributed by atoms with E-state index in [1.807, 2.05) is 13.8 Å². The van der Waals surface area contributed by atoms with Gasteiger partial charge in [-0.1, -0.05) is 6.07 Å². The number of nitrogens with one attached hydrogen (secondary N) is 1. The molecule has 0 atom stereocenters. The lowest BCUT2D eigenvalue weighted by atomic mass is 10.2. The van der Waals surface area contributed by atoms with Crippen LogP contribution in [0.1, 0.15) is 24.2 Å². The van der Waals surface area contributed by atoms with Crippen LogP contribution in [0.4, 0.5) is 0 Å². The van der Waals surface area contributed by atoms with Crippen molar-refractivity contribution < 1.29 is 9.53 Å². The summed E-state index contributed by atoms with van der Waals surface area (Å²) in [5.41, 5.74) is 0.412. The van der Waals surface area contributed by atoms with Crippen LogP contribution in [-0.2, 0) is 0 Å². The van der Waals surface area contributed by atoms with Gasteiger partial charge in [-0.2, -0.15) is 5.26 Å². The molecule has 0 fully saturated rings. The number of nitrogens with zero attached hydrogens (tertiary/aromatic N) is 1. The summed E-state index contributed by atoms with van der Waals surface area (Å²) in [5.74, 6) is 0.197. The Kier molecular flexibility index (Phi) is 3.69. The fourth-order valence-corrected chi connectivity index (χ4v) is 1.11. The van der Waals surface area contributed by atoms with E-state index in [0.717, 1.165) is 0 Å². The maximum Gasteiger partial charge on any atom is 0.264 e. The minimum Gasteiger partial charge on any atom is -0.491 e. The topological polar surface area (TPSA) is 62.1 Å². The minimum absolute atomic E-state index is 0.0549. The molecule has 15 heavy (non-hydrogen) atoms. The highest BCUT2D eigenvalue weighted by atomic mass is 16.5. The summed E-state index contributed by atoms with van der Waals surface area (Å²) in [6, 6.07) is 6.71. The van der Waals surface area contributed by atoms with Gasteiger partial charge in [-0.3, -0.25) is 10.1 Å². The summed E-state index contributed by atoms with van der Waals surface area (Å²) in [7, 11) is 0. The zero-order valence-corrected chi connectivity index (χ0v) is 8.65. The largest absolute Gasteiger partial charge is 0.491 e. The van der Waals surface area contributed by atoms with Gasteiger partial charge in [0.25, 0.3) is 5.91 Å². The van der Waals surface area contributed by atoms with Gasteiger partial charge in [0, 0.05) is 5.56 Å². The average molecular weight is 204 g/mol. The lowest BCUT2D eigenvalue weighted by Gasteiger charge is -2.09. The number of carbonyl (C=O) groups is 1. The predicted molar refractivity (Wildman–Crippen MR) is 55.3 cm³/mol. The molecule has 0 spiro atoms. The molecule has 1 N–H and O–H groups in total. The molecule has 0 bridgehead atoms. The molecular formula is C11H12N2O2. The lowest BCUT2D eigenvalue weighted by Crippen LogP contribution is -2.17. The Morgan fingerprint density at radius 1 is 1.53 bits per heavy atom. The van der Waals surface area contributed by atoms with Crippen LogP contribution in [0.15, 0.2) is 24.3 Å². The third kappa shape index (κ3) is 3.31. The van der Waals surface area contributed by atoms with Crippen LogP contribution in [-0.4, -0.2) is 12.0 Å². The summed E-state index contributed by atoms with van der Waals surface area (Å²) in [5, 5.41) is 10.4. The molecule has 1 aromatic carbocycles. The van der Waals surface area contributed by atoms with Gasteiger partial charge in [0.2, 0.25) is 0 Å². The van der Waals surface area contributed by atoms with Crippen molar-refractivity contribution in [2.24, 2.45) is 0 Å². The number of amides is 1. The first-order chi connectivity index (χ1) is 7.13. The molecule has 1 rings (SSSR count). The zero-order chi connectivity index (χ0) is 11.3. The van der Waals surface area contributed by atoms with Gasteiger partial charge in [0.1, 0.15) is 5.75 Å². The average Bonchev–Trinajstić information content (AvgIpc) is 2.17. The van der Waals surface area contributed by atoms with E-state index in [9.17, 15) is 4.79 Å². The molecule has 0 saturated heterocycles. The molecule has 0 aromatic heterocycles. The molecule has 78 valence electrons. The molecule has 0 unspecified atom stereocenters. The molecule has 0 aliphatic rings. The summed E-state index contributed by atoms with van der Waals surface area (Å²) in [6.45, 7) is 3.81. The summed E-state index contributed by atoms with van der Waals surface area (Å²) in [4.78, 5) is 11.3. The number of hydrogen-bond donors (Lipinski definition) is 1. The molecule has 0 heterocycles. The van der Waals surface area contributed by atoms with E-state index in [2.05, 4.69) is 5.32 Å². The van der Waals surface area contributed by atoms with Crippen LogP contribution in [0, 0.1) is 11.5 Å². The Hall–Kier alpha value is -2.02. The van der Waals surface area contributed by atoms with Crippen LogP contribution in [0.2, 0.25) is 0 Å². The van der Waals surface area contributed by atoms with Gasteiger partial charge in [-0.15, -0.1) is 0 Å². The summed E-state index contributed by atoms with van der Waals surface area (Å²) >= 11 is 0. The number of hydrogen-bond acceptors (Lipinski definition) is 3. The van der Waals surface area contributed by atoms with Crippen LogP contribution in [0.3, 0.4) is 0 Å². The highest BCUT2D eigenvalue weighted by molar-refractivity contribution is 5.95. The number of carbonyl (C=O) groups excluding carboxylic acids is 1. The molecule has 1 aromatic rings. The SMILES string of the molecule is CC(C)Oc1cccc(C(=O)NC#N)c1. The van der Waals surface area contributed by atoms with Crippen molar-refractivity contribution >= 4 is 5.91 Å². The van der Waals surface area contributed by atoms with E-state index in [0.29, 0.717) is 11.3 Å². The zero-order valence-electron chi connectivity index (χ0n) is 8.65. The molecule has 0 aliphatic heterocycles. The number of ether oxygens (including phenoxy) is 1. The second-order valence-corrected chi connectivity index (χ2v) is 3.26. The van der Waals surface area contributed by atoms with Gasteiger partial charge < -0.3 is 4.74 Å². The van der Waals surface area contributed by atoms with Crippen LogP contribution >= 0.6 is 0 Å². The third-order valence-corrected chi connectivity index (χ3v) is 1.64. The van der Waals surface area contributed by atoms with E-state index >= 15 is 0 Å². The number of rotatable bonds is 3. The standard InChI is InChI=1S/C11H12N2O2/c1-8(2)15-10-5-3-4-9(6-10)11(14)13-7-12/h3-6,8H,1-2H3,(H,13,14). The normalized spacial score (nSPS) is 9.47. The first-order valence-electron chi connectivity index (χ1n) is 4.59. The Labute approximate surface area is 88.5 Å². The Bertz CT molecular complexity index is 394. The predicted octanol–water partition coefficient (Wildman–Crippen LogP) is 1.68. The van der Waals surface area contributed by atoms with Gasteiger partial charge >= 0.3 is 0 Å². The molecule has 0 saturated carbocycles. The van der Waals surface area contributed by atoms with E-state index in [1.54, 1.807) is 30.5 Å². The van der Waals surface area contributed by atoms with Gasteiger partial charge in [0.05, 0.1) is 6.10 Å². The van der Waals surface area contributed by atoms with Crippen molar-refractivity contribution in [2.75, 3.05) is 0 Å². The molecule has 4 heteroatoms. The Morgan fingerprint density at radius 2 is 2.27 bits per heavy atom. The minimum atomic E-state index is -0.424. The summed E-state index contributed by atoms with van der Waals surface area (Å²) in [6.07, 6.45) is 1.64. The summed E-state index contributed by atoms with van der Waals surface area (Å²) < 4.78 is 5.42. The Balaban J connectivity index is 2.83. The van der Waals surface area contributed by atoms with Gasteiger partial charge in [-0.25, -0.2) is 0 Å². The van der Waals surface area contributed by atoms with E-state index in [1.165, 1.54) is 0 Å². The van der Waals surface area contributed by atoms with Gasteiger partial charge in [0.15, 0.2) is 6.19 Å². The Morgan fingerprint density at radius 3 is 2.87 bits per heavy atom. The van der Waals surface area contributed by atoms with Crippen molar-refractivity contribution in [2.45, 2.75) is 20.0 Å². The van der Waals surface area contributed by atoms with Crippen molar-refractivity contribution in [1.29, 1.82) is 5.26 Å². The lowest BCUT2D eigenvalue weighted by molar-refractivity contribution is 0.0972. The molecule has 1 amide bonds. The molecule has 0 aliphatic carbocycles. The number of benzene rings is 1. The van der Waals surface area contributed by atoms with Gasteiger partial charge in [-0.05, 0) is 32.0 Å². The number of nitriles is 1. The van der Waals surface area contributed by atoms with Crippen molar-refractivity contribution in [3.05, 3.63) is 29.8 Å². The van der Waals surface area contributed by atoms with Crippen molar-refractivity contribution in [3.8, 4) is 11.9 Å². The van der Waals surface area contributed by atoms with Crippen LogP contribution in [0.5, 0.6) is 5.75 Å².